The molecular formula is C18H41IN4O2. The summed E-state index contributed by atoms with van der Waals surface area (Å²) in [5.41, 5.74) is 0. The molecule has 2 N–H and O–H groups in total. The van der Waals surface area contributed by atoms with E-state index >= 15 is 0 Å². The zero-order chi connectivity index (χ0) is 17.9. The number of nitrogens with zero attached hydrogens (tertiary/aromatic N) is 2. The highest BCUT2D eigenvalue weighted by Crippen LogP contribution is 1.95. The normalized spacial score (nSPS) is 11.5. The highest BCUT2D eigenvalue weighted by atomic mass is 127. The fourth-order valence-electron chi connectivity index (χ4n) is 2.42. The molecule has 6 nitrogen and oxygen atoms in total. The van der Waals surface area contributed by atoms with Crippen LogP contribution < -0.4 is 10.6 Å². The number of guanidine groups is 1. The Hall–Kier alpha value is -0.120. The van der Waals surface area contributed by atoms with Crippen molar-refractivity contribution in [2.75, 3.05) is 66.2 Å². The fourth-order valence-corrected chi connectivity index (χ4v) is 2.42. The van der Waals surface area contributed by atoms with E-state index in [4.69, 9.17) is 9.47 Å². The van der Waals surface area contributed by atoms with Crippen LogP contribution in [0.5, 0.6) is 0 Å². The maximum absolute atomic E-state index is 5.45. The smallest absolute Gasteiger partial charge is 0.191 e. The third-order valence-corrected chi connectivity index (χ3v) is 3.52. The molecule has 0 saturated carbocycles. The molecule has 0 bridgehead atoms. The van der Waals surface area contributed by atoms with Crippen molar-refractivity contribution in [1.29, 1.82) is 0 Å². The van der Waals surface area contributed by atoms with Crippen molar-refractivity contribution in [1.82, 2.24) is 15.5 Å². The average molecular weight is 472 g/mol. The van der Waals surface area contributed by atoms with E-state index in [1.54, 1.807) is 7.11 Å². The second kappa shape index (κ2) is 21.9. The van der Waals surface area contributed by atoms with Crippen molar-refractivity contribution in [2.24, 2.45) is 4.99 Å². The van der Waals surface area contributed by atoms with E-state index in [-0.39, 0.29) is 24.0 Å². The van der Waals surface area contributed by atoms with Crippen LogP contribution in [0.25, 0.3) is 0 Å². The van der Waals surface area contributed by atoms with Crippen molar-refractivity contribution >= 4 is 29.9 Å². The lowest BCUT2D eigenvalue weighted by Crippen LogP contribution is -2.39. The van der Waals surface area contributed by atoms with Crippen molar-refractivity contribution < 1.29 is 9.47 Å². The molecule has 0 heterocycles. The molecule has 0 unspecified atom stereocenters. The minimum Gasteiger partial charge on any atom is -0.382 e. The van der Waals surface area contributed by atoms with Gasteiger partial charge in [-0.25, -0.2) is 0 Å². The van der Waals surface area contributed by atoms with Gasteiger partial charge < -0.3 is 25.0 Å². The number of rotatable bonds is 16. The summed E-state index contributed by atoms with van der Waals surface area (Å²) in [5, 5.41) is 6.72. The van der Waals surface area contributed by atoms with E-state index in [0.717, 1.165) is 51.6 Å². The van der Waals surface area contributed by atoms with E-state index in [9.17, 15) is 0 Å². The third kappa shape index (κ3) is 18.5. The van der Waals surface area contributed by atoms with Crippen LogP contribution in [0.15, 0.2) is 4.99 Å². The molecule has 0 radical (unpaired) electrons. The first-order valence-corrected chi connectivity index (χ1v) is 9.59. The molecule has 7 heteroatoms. The molecule has 152 valence electrons. The average Bonchev–Trinajstić information content (AvgIpc) is 2.58. The molecule has 0 rings (SSSR count). The number of hydrogen-bond donors (Lipinski definition) is 2. The first-order chi connectivity index (χ1) is 11.8. The highest BCUT2D eigenvalue weighted by Gasteiger charge is 2.02. The van der Waals surface area contributed by atoms with Gasteiger partial charge in [0.05, 0.1) is 13.2 Å². The van der Waals surface area contributed by atoms with Gasteiger partial charge in [-0.2, -0.15) is 0 Å². The lowest BCUT2D eigenvalue weighted by molar-refractivity contribution is 0.0702. The quantitative estimate of drug-likeness (QED) is 0.157. The van der Waals surface area contributed by atoms with Crippen molar-refractivity contribution in [3.8, 4) is 0 Å². The van der Waals surface area contributed by atoms with Gasteiger partial charge in [-0.1, -0.05) is 13.8 Å². The van der Waals surface area contributed by atoms with Crippen LogP contribution >= 0.6 is 24.0 Å². The summed E-state index contributed by atoms with van der Waals surface area (Å²) in [5.74, 6) is 0.909. The number of hydrogen-bond acceptors (Lipinski definition) is 4. The summed E-state index contributed by atoms with van der Waals surface area (Å²) >= 11 is 0. The molecule has 0 fully saturated rings. The minimum absolute atomic E-state index is 0. The number of ether oxygens (including phenoxy) is 2. The van der Waals surface area contributed by atoms with Crippen LogP contribution in [0.2, 0.25) is 0 Å². The van der Waals surface area contributed by atoms with Crippen LogP contribution in [0.4, 0.5) is 0 Å². The number of aliphatic imine (C=N–C) groups is 1. The van der Waals surface area contributed by atoms with Crippen LogP contribution in [0, 0.1) is 0 Å². The molecular weight excluding hydrogens is 431 g/mol. The van der Waals surface area contributed by atoms with Crippen molar-refractivity contribution in [3.63, 3.8) is 0 Å². The number of halogens is 1. The van der Waals surface area contributed by atoms with Crippen LogP contribution in [0.3, 0.4) is 0 Å². The number of nitrogens with one attached hydrogen (secondary N) is 2. The van der Waals surface area contributed by atoms with Gasteiger partial charge >= 0.3 is 0 Å². The summed E-state index contributed by atoms with van der Waals surface area (Å²) < 4.78 is 10.4. The lowest BCUT2D eigenvalue weighted by atomic mass is 10.3. The largest absolute Gasteiger partial charge is 0.382 e. The van der Waals surface area contributed by atoms with Gasteiger partial charge in [0.1, 0.15) is 0 Å². The van der Waals surface area contributed by atoms with Gasteiger partial charge in [0, 0.05) is 33.4 Å². The van der Waals surface area contributed by atoms with E-state index in [1.807, 2.05) is 0 Å². The van der Waals surface area contributed by atoms with E-state index in [2.05, 4.69) is 41.3 Å². The second-order valence-electron chi connectivity index (χ2n) is 5.84. The molecule has 25 heavy (non-hydrogen) atoms. The third-order valence-electron chi connectivity index (χ3n) is 3.52. The molecule has 0 aliphatic heterocycles. The Balaban J connectivity index is 0. The Bertz CT molecular complexity index is 288. The molecule has 0 saturated heterocycles. The standard InChI is InChI=1S/C18H40N4O2.HI/c1-5-12-22(13-6-2)14-8-10-20-18(19-7-3)21-11-9-15-24-17-16-23-4;/h5-17H2,1-4H3,(H2,19,20,21);1H. The lowest BCUT2D eigenvalue weighted by Gasteiger charge is -2.21. The fraction of sp³-hybridized carbons (Fsp3) is 0.944. The van der Waals surface area contributed by atoms with Gasteiger partial charge in [-0.3, -0.25) is 4.99 Å². The van der Waals surface area contributed by atoms with Gasteiger partial charge in [0.2, 0.25) is 0 Å². The van der Waals surface area contributed by atoms with Crippen molar-refractivity contribution in [3.05, 3.63) is 0 Å². The second-order valence-corrected chi connectivity index (χ2v) is 5.84. The minimum atomic E-state index is 0. The maximum atomic E-state index is 5.45. The van der Waals surface area contributed by atoms with E-state index < -0.39 is 0 Å². The Morgan fingerprint density at radius 3 is 2.24 bits per heavy atom. The monoisotopic (exact) mass is 472 g/mol. The summed E-state index contributed by atoms with van der Waals surface area (Å²) in [6.07, 6.45) is 4.53. The zero-order valence-corrected chi connectivity index (χ0v) is 19.1. The van der Waals surface area contributed by atoms with E-state index in [0.29, 0.717) is 13.2 Å². The molecule has 0 atom stereocenters. The van der Waals surface area contributed by atoms with Gasteiger partial charge in [-0.15, -0.1) is 24.0 Å². The predicted octanol–water partition coefficient (Wildman–Crippen LogP) is 2.72. The first kappa shape index (κ1) is 27.1. The summed E-state index contributed by atoms with van der Waals surface area (Å²) in [4.78, 5) is 7.13. The Kier molecular flexibility index (Phi) is 23.8. The van der Waals surface area contributed by atoms with Gasteiger partial charge in [0.25, 0.3) is 0 Å². The highest BCUT2D eigenvalue weighted by molar-refractivity contribution is 14.0. The van der Waals surface area contributed by atoms with E-state index in [1.165, 1.54) is 25.9 Å². The molecule has 0 aromatic carbocycles. The molecule has 0 aliphatic rings. The Morgan fingerprint density at radius 1 is 0.920 bits per heavy atom. The van der Waals surface area contributed by atoms with Crippen LogP contribution in [-0.2, 0) is 9.47 Å². The Morgan fingerprint density at radius 2 is 1.64 bits per heavy atom. The molecule has 0 amide bonds. The van der Waals surface area contributed by atoms with Crippen LogP contribution in [-0.4, -0.2) is 77.1 Å². The molecule has 0 aromatic rings. The summed E-state index contributed by atoms with van der Waals surface area (Å²) in [7, 11) is 1.69. The van der Waals surface area contributed by atoms with Crippen molar-refractivity contribution in [2.45, 2.75) is 46.5 Å². The predicted molar refractivity (Wildman–Crippen MR) is 118 cm³/mol. The number of methoxy groups -OCH3 is 1. The van der Waals surface area contributed by atoms with Crippen LogP contribution in [0.1, 0.15) is 46.5 Å². The summed E-state index contributed by atoms with van der Waals surface area (Å²) in [6.45, 7) is 14.8. The topological polar surface area (TPSA) is 58.1 Å². The summed E-state index contributed by atoms with van der Waals surface area (Å²) in [6, 6.07) is 0. The first-order valence-electron chi connectivity index (χ1n) is 9.59. The molecule has 0 aromatic heterocycles. The Labute approximate surface area is 172 Å². The zero-order valence-electron chi connectivity index (χ0n) is 16.8. The molecule has 0 aliphatic carbocycles. The van der Waals surface area contributed by atoms with Gasteiger partial charge in [-0.05, 0) is 52.2 Å². The SMILES string of the molecule is CCCN(CCC)CCCNC(=NCCCOCCOC)NCC.I. The van der Waals surface area contributed by atoms with Gasteiger partial charge in [0.15, 0.2) is 5.96 Å². The maximum Gasteiger partial charge on any atom is 0.191 e. The molecule has 0 spiro atoms.